The van der Waals surface area contributed by atoms with Crippen molar-refractivity contribution in [3.63, 3.8) is 0 Å². The highest BCUT2D eigenvalue weighted by molar-refractivity contribution is 7.10. The number of nitrogens with zero attached hydrogens (tertiary/aromatic N) is 1. The Morgan fingerprint density at radius 1 is 1.35 bits per heavy atom. The second-order valence-electron chi connectivity index (χ2n) is 7.88. The minimum absolute atomic E-state index is 0.0280. The first kappa shape index (κ1) is 18.9. The third kappa shape index (κ3) is 4.65. The predicted molar refractivity (Wildman–Crippen MR) is 107 cm³/mol. The summed E-state index contributed by atoms with van der Waals surface area (Å²) in [6, 6.07) is 10.2. The first-order valence-electron chi connectivity index (χ1n) is 9.14. The molecule has 4 nitrogen and oxygen atoms in total. The van der Waals surface area contributed by atoms with Gasteiger partial charge in [-0.15, -0.1) is 11.3 Å². The summed E-state index contributed by atoms with van der Waals surface area (Å²) < 4.78 is 6.07. The molecule has 26 heavy (non-hydrogen) atoms. The van der Waals surface area contributed by atoms with Crippen LogP contribution in [0.25, 0.3) is 0 Å². The van der Waals surface area contributed by atoms with Crippen LogP contribution in [-0.4, -0.2) is 36.0 Å². The van der Waals surface area contributed by atoms with Gasteiger partial charge < -0.3 is 15.0 Å². The molecule has 1 aromatic carbocycles. The van der Waals surface area contributed by atoms with Crippen molar-refractivity contribution < 1.29 is 9.53 Å². The van der Waals surface area contributed by atoms with Crippen molar-refractivity contribution in [2.45, 2.75) is 45.7 Å². The van der Waals surface area contributed by atoms with Gasteiger partial charge in [-0.1, -0.05) is 12.1 Å². The largest absolute Gasteiger partial charge is 0.491 e. The lowest BCUT2D eigenvalue weighted by Crippen LogP contribution is -2.48. The number of rotatable bonds is 5. The van der Waals surface area contributed by atoms with E-state index in [1.165, 1.54) is 16.0 Å². The van der Waals surface area contributed by atoms with Crippen molar-refractivity contribution in [3.8, 4) is 5.75 Å². The van der Waals surface area contributed by atoms with Crippen LogP contribution in [0.15, 0.2) is 35.7 Å². The van der Waals surface area contributed by atoms with E-state index in [2.05, 4.69) is 50.5 Å². The van der Waals surface area contributed by atoms with Gasteiger partial charge in [0.05, 0.1) is 12.6 Å². The number of fused-ring (bicyclic) bond motifs is 1. The number of ether oxygens (including phenoxy) is 1. The van der Waals surface area contributed by atoms with Crippen molar-refractivity contribution in [3.05, 3.63) is 51.7 Å². The van der Waals surface area contributed by atoms with Crippen LogP contribution < -0.4 is 10.1 Å². The summed E-state index contributed by atoms with van der Waals surface area (Å²) >= 11 is 1.78. The van der Waals surface area contributed by atoms with Crippen molar-refractivity contribution in [2.24, 2.45) is 0 Å². The molecule has 140 valence electrons. The van der Waals surface area contributed by atoms with Gasteiger partial charge in [0, 0.05) is 17.0 Å². The summed E-state index contributed by atoms with van der Waals surface area (Å²) in [5.74, 6) is 0.988. The van der Waals surface area contributed by atoms with Gasteiger partial charge in [-0.05, 0) is 68.8 Å². The molecule has 2 heterocycles. The van der Waals surface area contributed by atoms with E-state index in [0.29, 0.717) is 13.2 Å². The summed E-state index contributed by atoms with van der Waals surface area (Å²) in [6.07, 6.45) is 0.926. The topological polar surface area (TPSA) is 41.6 Å². The smallest absolute Gasteiger partial charge is 0.237 e. The lowest BCUT2D eigenvalue weighted by atomic mass is 10.00. The van der Waals surface area contributed by atoms with Gasteiger partial charge in [-0.3, -0.25) is 4.79 Å². The molecule has 1 N–H and O–H groups in total. The van der Waals surface area contributed by atoms with E-state index in [4.69, 9.17) is 4.74 Å². The molecular weight excluding hydrogens is 344 g/mol. The first-order chi connectivity index (χ1) is 12.3. The number of nitrogens with one attached hydrogen (secondary N) is 1. The number of hydrogen-bond donors (Lipinski definition) is 1. The van der Waals surface area contributed by atoms with Gasteiger partial charge in [-0.25, -0.2) is 0 Å². The van der Waals surface area contributed by atoms with Gasteiger partial charge in [-0.2, -0.15) is 0 Å². The number of hydrogen-bond acceptors (Lipinski definition) is 4. The third-order valence-electron chi connectivity index (χ3n) is 4.58. The van der Waals surface area contributed by atoms with Gasteiger partial charge in [0.15, 0.2) is 0 Å². The average molecular weight is 373 g/mol. The fraction of sp³-hybridized carbons (Fsp3) is 0.476. The number of thiophene rings is 1. The minimum atomic E-state index is -0.0768. The van der Waals surface area contributed by atoms with Crippen molar-refractivity contribution in [2.75, 3.05) is 19.7 Å². The molecule has 1 aromatic heterocycles. The number of benzene rings is 1. The fourth-order valence-electron chi connectivity index (χ4n) is 3.20. The predicted octanol–water partition coefficient (Wildman–Crippen LogP) is 3.95. The maximum atomic E-state index is 12.9. The second kappa shape index (κ2) is 7.80. The van der Waals surface area contributed by atoms with E-state index < -0.39 is 0 Å². The zero-order valence-electron chi connectivity index (χ0n) is 16.0. The molecule has 0 saturated heterocycles. The Morgan fingerprint density at radius 3 is 2.88 bits per heavy atom. The van der Waals surface area contributed by atoms with Crippen LogP contribution in [-0.2, 0) is 11.2 Å². The quantitative estimate of drug-likeness (QED) is 0.864. The van der Waals surface area contributed by atoms with Crippen LogP contribution in [0.3, 0.4) is 0 Å². The Bertz CT molecular complexity index is 763. The third-order valence-corrected chi connectivity index (χ3v) is 5.58. The van der Waals surface area contributed by atoms with Crippen LogP contribution >= 0.6 is 11.3 Å². The number of carbonyl (C=O) groups excluding carboxylic acids is 1. The number of carbonyl (C=O) groups is 1. The zero-order chi connectivity index (χ0) is 18.7. The van der Waals surface area contributed by atoms with Crippen LogP contribution in [0.4, 0.5) is 0 Å². The van der Waals surface area contributed by atoms with Crippen LogP contribution in [0.1, 0.15) is 42.8 Å². The maximum absolute atomic E-state index is 12.9. The van der Waals surface area contributed by atoms with Gasteiger partial charge in [0.1, 0.15) is 12.4 Å². The summed E-state index contributed by atoms with van der Waals surface area (Å²) in [7, 11) is 0. The molecular formula is C21H28N2O2S. The number of aryl methyl sites for hydroxylation is 1. The highest BCUT2D eigenvalue weighted by Crippen LogP contribution is 2.34. The number of amides is 1. The molecule has 0 radical (unpaired) electrons. The Hall–Kier alpha value is -1.85. The van der Waals surface area contributed by atoms with E-state index in [1.807, 2.05) is 23.1 Å². The standard InChI is InChI=1S/C21H28N2O2S/c1-15-6-5-7-16(12-15)25-14-18-17-9-11-26-19(17)8-10-23(18)20(24)13-22-21(2,3)4/h5-7,9,11-12,18,22H,8,10,13-14H2,1-4H3. The molecule has 0 fully saturated rings. The molecule has 3 rings (SSSR count). The van der Waals surface area contributed by atoms with Crippen molar-refractivity contribution in [1.29, 1.82) is 0 Å². The molecule has 5 heteroatoms. The second-order valence-corrected chi connectivity index (χ2v) is 8.88. The molecule has 0 saturated carbocycles. The fourth-order valence-corrected chi connectivity index (χ4v) is 4.13. The zero-order valence-corrected chi connectivity index (χ0v) is 16.9. The average Bonchev–Trinajstić information content (AvgIpc) is 3.06. The van der Waals surface area contributed by atoms with E-state index in [-0.39, 0.29) is 17.5 Å². The summed E-state index contributed by atoms with van der Waals surface area (Å²) in [5, 5.41) is 5.43. The molecule has 1 atom stereocenters. The van der Waals surface area contributed by atoms with Crippen molar-refractivity contribution in [1.82, 2.24) is 10.2 Å². The summed E-state index contributed by atoms with van der Waals surface area (Å²) in [4.78, 5) is 16.2. The van der Waals surface area contributed by atoms with Crippen molar-refractivity contribution >= 4 is 17.2 Å². The van der Waals surface area contributed by atoms with Crippen LogP contribution in [0, 0.1) is 6.92 Å². The Balaban J connectivity index is 1.74. The molecule has 1 unspecified atom stereocenters. The molecule has 1 aliphatic rings. The lowest BCUT2D eigenvalue weighted by Gasteiger charge is -2.36. The normalized spacial score (nSPS) is 17.1. The molecule has 1 aliphatic heterocycles. The molecule has 0 spiro atoms. The molecule has 0 bridgehead atoms. The summed E-state index contributed by atoms with van der Waals surface area (Å²) in [6.45, 7) is 9.86. The van der Waals surface area contributed by atoms with Crippen LogP contribution in [0.2, 0.25) is 0 Å². The van der Waals surface area contributed by atoms with Gasteiger partial charge in [0.2, 0.25) is 5.91 Å². The molecule has 2 aromatic rings. The Kier molecular flexibility index (Phi) is 5.68. The Morgan fingerprint density at radius 2 is 2.15 bits per heavy atom. The highest BCUT2D eigenvalue weighted by Gasteiger charge is 2.32. The molecule has 1 amide bonds. The molecule has 0 aliphatic carbocycles. The first-order valence-corrected chi connectivity index (χ1v) is 10.0. The van der Waals surface area contributed by atoms with E-state index in [9.17, 15) is 4.79 Å². The van der Waals surface area contributed by atoms with Gasteiger partial charge >= 0.3 is 0 Å². The van der Waals surface area contributed by atoms with E-state index in [1.54, 1.807) is 11.3 Å². The van der Waals surface area contributed by atoms with Crippen LogP contribution in [0.5, 0.6) is 5.75 Å². The summed E-state index contributed by atoms with van der Waals surface area (Å²) in [5.41, 5.74) is 2.33. The lowest BCUT2D eigenvalue weighted by molar-refractivity contribution is -0.134. The monoisotopic (exact) mass is 372 g/mol. The minimum Gasteiger partial charge on any atom is -0.491 e. The van der Waals surface area contributed by atoms with E-state index in [0.717, 1.165) is 18.7 Å². The Labute approximate surface area is 160 Å². The maximum Gasteiger partial charge on any atom is 0.237 e. The highest BCUT2D eigenvalue weighted by atomic mass is 32.1. The van der Waals surface area contributed by atoms with Gasteiger partial charge in [0.25, 0.3) is 0 Å². The SMILES string of the molecule is Cc1cccc(OCC2c3ccsc3CCN2C(=O)CNC(C)(C)C)c1. The van der Waals surface area contributed by atoms with E-state index >= 15 is 0 Å².